The van der Waals surface area contributed by atoms with Crippen LogP contribution in [-0.2, 0) is 4.79 Å². The minimum absolute atomic E-state index is 0.483. The van der Waals surface area contributed by atoms with Crippen LogP contribution in [-0.4, -0.2) is 16.8 Å². The highest BCUT2D eigenvalue weighted by Crippen LogP contribution is 2.37. The van der Waals surface area contributed by atoms with Crippen molar-refractivity contribution >= 4 is 34.4 Å². The van der Waals surface area contributed by atoms with Gasteiger partial charge in [-0.2, -0.15) is 5.26 Å². The largest absolute Gasteiger partial charge is 0.350 e. The Balaban J connectivity index is 2.42. The number of anilines is 1. The first-order valence-electron chi connectivity index (χ1n) is 5.87. The number of halogens is 1. The molecule has 1 N–H and O–H groups in total. The maximum Gasteiger partial charge on any atom is 0.185 e. The third kappa shape index (κ3) is 2.98. The summed E-state index contributed by atoms with van der Waals surface area (Å²) in [5.74, 6) is 0. The fourth-order valence-corrected chi connectivity index (χ4v) is 2.85. The third-order valence-corrected chi connectivity index (χ3v) is 3.78. The molecule has 1 aromatic carbocycles. The molecular formula is C14H12ClN3OS. The lowest BCUT2D eigenvalue weighted by atomic mass is 10.1. The molecule has 1 heterocycles. The number of aldehydes is 1. The summed E-state index contributed by atoms with van der Waals surface area (Å²) >= 11 is 7.44. The van der Waals surface area contributed by atoms with Gasteiger partial charge in [0.05, 0.1) is 17.2 Å². The molecule has 0 saturated carbocycles. The predicted octanol–water partition coefficient (Wildman–Crippen LogP) is 3.72. The van der Waals surface area contributed by atoms with Crippen molar-refractivity contribution in [2.45, 2.75) is 19.4 Å². The number of nitrogens with one attached hydrogen (secondary N) is 1. The normalized spacial score (nSPS) is 10.9. The molecule has 0 saturated heterocycles. The molecule has 1 aromatic heterocycles. The van der Waals surface area contributed by atoms with Gasteiger partial charge in [-0.05, 0) is 19.9 Å². The second-order valence-electron chi connectivity index (χ2n) is 4.76. The van der Waals surface area contributed by atoms with Crippen molar-refractivity contribution in [2.75, 3.05) is 5.32 Å². The molecular weight excluding hydrogens is 294 g/mol. The van der Waals surface area contributed by atoms with Crippen molar-refractivity contribution in [3.63, 3.8) is 0 Å². The highest BCUT2D eigenvalue weighted by Gasteiger charge is 2.20. The second kappa shape index (κ2) is 5.61. The van der Waals surface area contributed by atoms with Crippen molar-refractivity contribution in [1.29, 1.82) is 5.26 Å². The molecule has 0 radical (unpaired) electrons. The molecule has 0 amide bonds. The molecule has 0 atom stereocenters. The standard InChI is InChI=1S/C14H12ClN3OS/c1-14(2,8-19)18-13-17-11(12(15)20-13)10-6-4-3-5-9(10)7-16/h3-6,8H,1-2H3,(H,17,18). The van der Waals surface area contributed by atoms with Crippen LogP contribution in [0.5, 0.6) is 0 Å². The molecule has 4 nitrogen and oxygen atoms in total. The summed E-state index contributed by atoms with van der Waals surface area (Å²) < 4.78 is 0.483. The van der Waals surface area contributed by atoms with E-state index in [1.807, 2.05) is 6.07 Å². The second-order valence-corrected chi connectivity index (χ2v) is 6.36. The minimum atomic E-state index is -0.715. The lowest BCUT2D eigenvalue weighted by Crippen LogP contribution is -2.32. The van der Waals surface area contributed by atoms with Gasteiger partial charge in [0.1, 0.15) is 16.3 Å². The van der Waals surface area contributed by atoms with Gasteiger partial charge in [-0.25, -0.2) is 4.98 Å². The zero-order chi connectivity index (χ0) is 14.8. The number of thiazole rings is 1. The van der Waals surface area contributed by atoms with Gasteiger partial charge in [-0.3, -0.25) is 0 Å². The van der Waals surface area contributed by atoms with Gasteiger partial charge in [0.15, 0.2) is 5.13 Å². The van der Waals surface area contributed by atoms with E-state index in [9.17, 15) is 4.79 Å². The van der Waals surface area contributed by atoms with Gasteiger partial charge in [0, 0.05) is 5.56 Å². The van der Waals surface area contributed by atoms with E-state index in [4.69, 9.17) is 16.9 Å². The first-order chi connectivity index (χ1) is 9.46. The van der Waals surface area contributed by atoms with Crippen molar-refractivity contribution < 1.29 is 4.79 Å². The van der Waals surface area contributed by atoms with Crippen LogP contribution < -0.4 is 5.32 Å². The molecule has 0 aliphatic carbocycles. The summed E-state index contributed by atoms with van der Waals surface area (Å²) in [6.45, 7) is 3.50. The van der Waals surface area contributed by atoms with Crippen LogP contribution in [0, 0.1) is 11.3 Å². The Morgan fingerprint density at radius 1 is 1.45 bits per heavy atom. The Morgan fingerprint density at radius 3 is 2.80 bits per heavy atom. The number of aromatic nitrogens is 1. The number of carbonyl (C=O) groups is 1. The summed E-state index contributed by atoms with van der Waals surface area (Å²) in [5, 5.41) is 12.7. The zero-order valence-electron chi connectivity index (χ0n) is 11.0. The van der Waals surface area contributed by atoms with Gasteiger partial charge in [-0.1, -0.05) is 41.1 Å². The van der Waals surface area contributed by atoms with Gasteiger partial charge in [0.2, 0.25) is 0 Å². The van der Waals surface area contributed by atoms with Gasteiger partial charge in [0.25, 0.3) is 0 Å². The third-order valence-electron chi connectivity index (χ3n) is 2.61. The monoisotopic (exact) mass is 305 g/mol. The van der Waals surface area contributed by atoms with Crippen molar-refractivity contribution in [3.05, 3.63) is 34.2 Å². The Hall–Kier alpha value is -1.90. The summed E-state index contributed by atoms with van der Waals surface area (Å²) in [5.41, 5.74) is 1.04. The molecule has 0 spiro atoms. The van der Waals surface area contributed by atoms with E-state index in [2.05, 4.69) is 16.4 Å². The molecule has 102 valence electrons. The quantitative estimate of drug-likeness (QED) is 0.874. The van der Waals surface area contributed by atoms with E-state index >= 15 is 0 Å². The molecule has 2 rings (SSSR count). The Kier molecular flexibility index (Phi) is 4.07. The summed E-state index contributed by atoms with van der Waals surface area (Å²) in [6, 6.07) is 9.25. The van der Waals surface area contributed by atoms with E-state index in [0.717, 1.165) is 6.29 Å². The highest BCUT2D eigenvalue weighted by atomic mass is 35.5. The van der Waals surface area contributed by atoms with Crippen molar-refractivity contribution in [1.82, 2.24) is 4.98 Å². The fourth-order valence-electron chi connectivity index (χ4n) is 1.61. The lowest BCUT2D eigenvalue weighted by molar-refractivity contribution is -0.110. The van der Waals surface area contributed by atoms with E-state index in [0.29, 0.717) is 26.3 Å². The van der Waals surface area contributed by atoms with Crippen LogP contribution in [0.15, 0.2) is 24.3 Å². The number of carbonyl (C=O) groups excluding carboxylic acids is 1. The minimum Gasteiger partial charge on any atom is -0.350 e. The van der Waals surface area contributed by atoms with Crippen molar-refractivity contribution in [3.8, 4) is 17.3 Å². The highest BCUT2D eigenvalue weighted by molar-refractivity contribution is 7.20. The van der Waals surface area contributed by atoms with E-state index in [-0.39, 0.29) is 0 Å². The summed E-state index contributed by atoms with van der Waals surface area (Å²) in [4.78, 5) is 15.3. The number of hydrogen-bond acceptors (Lipinski definition) is 5. The molecule has 0 fully saturated rings. The molecule has 20 heavy (non-hydrogen) atoms. The predicted molar refractivity (Wildman–Crippen MR) is 81.0 cm³/mol. The SMILES string of the molecule is CC(C)(C=O)Nc1nc(-c2ccccc2C#N)c(Cl)s1. The first kappa shape index (κ1) is 14.5. The van der Waals surface area contributed by atoms with E-state index in [1.165, 1.54) is 11.3 Å². The van der Waals surface area contributed by atoms with Crippen LogP contribution in [0.2, 0.25) is 4.34 Å². The average molecular weight is 306 g/mol. The molecule has 2 aromatic rings. The fraction of sp³-hybridized carbons (Fsp3) is 0.214. The zero-order valence-corrected chi connectivity index (χ0v) is 12.5. The number of hydrogen-bond donors (Lipinski definition) is 1. The van der Waals surface area contributed by atoms with Crippen LogP contribution in [0.1, 0.15) is 19.4 Å². The smallest absolute Gasteiger partial charge is 0.185 e. The van der Waals surface area contributed by atoms with Gasteiger partial charge >= 0.3 is 0 Å². The topological polar surface area (TPSA) is 65.8 Å². The van der Waals surface area contributed by atoms with E-state index in [1.54, 1.807) is 32.0 Å². The molecule has 0 aliphatic heterocycles. The van der Waals surface area contributed by atoms with Crippen LogP contribution in [0.3, 0.4) is 0 Å². The van der Waals surface area contributed by atoms with Gasteiger partial charge in [-0.15, -0.1) is 0 Å². The van der Waals surface area contributed by atoms with Crippen LogP contribution in [0.25, 0.3) is 11.3 Å². The average Bonchev–Trinajstić information content (AvgIpc) is 2.78. The van der Waals surface area contributed by atoms with Crippen LogP contribution >= 0.6 is 22.9 Å². The van der Waals surface area contributed by atoms with Crippen LogP contribution in [0.4, 0.5) is 5.13 Å². The first-order valence-corrected chi connectivity index (χ1v) is 7.06. The molecule has 0 unspecified atom stereocenters. The maximum absolute atomic E-state index is 10.9. The van der Waals surface area contributed by atoms with Gasteiger partial charge < -0.3 is 10.1 Å². The Morgan fingerprint density at radius 2 is 2.15 bits per heavy atom. The number of nitriles is 1. The van der Waals surface area contributed by atoms with E-state index < -0.39 is 5.54 Å². The number of rotatable bonds is 4. The lowest BCUT2D eigenvalue weighted by Gasteiger charge is -2.17. The molecule has 0 aliphatic rings. The maximum atomic E-state index is 10.9. The Labute approximate surface area is 126 Å². The molecule has 0 bridgehead atoms. The summed E-state index contributed by atoms with van der Waals surface area (Å²) in [7, 11) is 0. The number of nitrogens with zero attached hydrogens (tertiary/aromatic N) is 2. The Bertz CT molecular complexity index is 688. The van der Waals surface area contributed by atoms with Crippen molar-refractivity contribution in [2.24, 2.45) is 0 Å². The summed E-state index contributed by atoms with van der Waals surface area (Å²) in [6.07, 6.45) is 0.811. The molecule has 6 heteroatoms. The number of benzene rings is 1.